The van der Waals surface area contributed by atoms with E-state index in [4.69, 9.17) is 0 Å². The smallest absolute Gasteiger partial charge is 1.00 e. The molecule has 0 aromatic rings. The van der Waals surface area contributed by atoms with Gasteiger partial charge in [0.2, 0.25) is 0 Å². The quantitative estimate of drug-likeness (QED) is 0.642. The van der Waals surface area contributed by atoms with E-state index >= 15 is 0 Å². The van der Waals surface area contributed by atoms with Gasteiger partial charge < -0.3 is 6.74 Å². The second kappa shape index (κ2) is 7.27. The van der Waals surface area contributed by atoms with Crippen LogP contribution in [0.4, 0.5) is 0 Å². The van der Waals surface area contributed by atoms with Crippen molar-refractivity contribution in [3.05, 3.63) is 0 Å². The molecule has 14 heavy (non-hydrogen) atoms. The maximum absolute atomic E-state index is 3.86. The van der Waals surface area contributed by atoms with Crippen LogP contribution in [0.3, 0.4) is 0 Å². The first-order chi connectivity index (χ1) is 6.45. The van der Waals surface area contributed by atoms with E-state index in [1.165, 1.54) is 64.2 Å². The van der Waals surface area contributed by atoms with Gasteiger partial charge in [-0.15, -0.1) is 0 Å². The van der Waals surface area contributed by atoms with Gasteiger partial charge in [-0.2, -0.15) is 0 Å². The summed E-state index contributed by atoms with van der Waals surface area (Å²) in [5.74, 6) is 0. The molecular formula is C12H24NNa. The minimum atomic E-state index is 0. The SMILES string of the molecule is C1CCC(NC2CCCCC2)CC1.[H-].[Na+]. The van der Waals surface area contributed by atoms with Crippen LogP contribution < -0.4 is 34.9 Å². The molecule has 2 aliphatic carbocycles. The molecule has 2 aliphatic rings. The maximum Gasteiger partial charge on any atom is 1.00 e. The fourth-order valence-electron chi connectivity index (χ4n) is 2.87. The molecule has 2 saturated carbocycles. The van der Waals surface area contributed by atoms with E-state index in [0.29, 0.717) is 0 Å². The molecule has 0 spiro atoms. The molecule has 78 valence electrons. The molecule has 1 N–H and O–H groups in total. The van der Waals surface area contributed by atoms with Crippen molar-refractivity contribution >= 4 is 0 Å². The van der Waals surface area contributed by atoms with Gasteiger partial charge in [-0.3, -0.25) is 0 Å². The van der Waals surface area contributed by atoms with Gasteiger partial charge in [0, 0.05) is 12.1 Å². The Morgan fingerprint density at radius 2 is 1.00 bits per heavy atom. The number of hydrogen-bond acceptors (Lipinski definition) is 1. The fourth-order valence-corrected chi connectivity index (χ4v) is 2.87. The summed E-state index contributed by atoms with van der Waals surface area (Å²) in [5, 5.41) is 3.86. The first kappa shape index (κ1) is 13.0. The van der Waals surface area contributed by atoms with E-state index in [2.05, 4.69) is 5.32 Å². The zero-order valence-corrected chi connectivity index (χ0v) is 11.7. The van der Waals surface area contributed by atoms with Crippen LogP contribution in [0.2, 0.25) is 0 Å². The molecule has 1 nitrogen and oxygen atoms in total. The van der Waals surface area contributed by atoms with Crippen molar-refractivity contribution in [1.82, 2.24) is 5.32 Å². The molecule has 0 aliphatic heterocycles. The van der Waals surface area contributed by atoms with Crippen molar-refractivity contribution in [3.63, 3.8) is 0 Å². The van der Waals surface area contributed by atoms with E-state index in [-0.39, 0.29) is 31.0 Å². The van der Waals surface area contributed by atoms with Crippen molar-refractivity contribution in [2.45, 2.75) is 76.3 Å². The van der Waals surface area contributed by atoms with Gasteiger partial charge in [-0.25, -0.2) is 0 Å². The van der Waals surface area contributed by atoms with Crippen LogP contribution in [-0.2, 0) is 0 Å². The molecule has 0 unspecified atom stereocenters. The Balaban J connectivity index is 0.000000980. The second-order valence-electron chi connectivity index (χ2n) is 4.84. The van der Waals surface area contributed by atoms with Gasteiger partial charge >= 0.3 is 29.6 Å². The number of nitrogens with one attached hydrogen (secondary N) is 1. The average molecular weight is 205 g/mol. The molecule has 2 fully saturated rings. The summed E-state index contributed by atoms with van der Waals surface area (Å²) in [4.78, 5) is 0. The topological polar surface area (TPSA) is 12.0 Å². The van der Waals surface area contributed by atoms with Crippen LogP contribution in [0.15, 0.2) is 0 Å². The summed E-state index contributed by atoms with van der Waals surface area (Å²) in [6.45, 7) is 0. The zero-order valence-electron chi connectivity index (χ0n) is 10.7. The van der Waals surface area contributed by atoms with E-state index in [1.807, 2.05) is 0 Å². The second-order valence-corrected chi connectivity index (χ2v) is 4.84. The normalized spacial score (nSPS) is 25.7. The third kappa shape index (κ3) is 4.22. The predicted octanol–water partition coefficient (Wildman–Crippen LogP) is 0.358. The van der Waals surface area contributed by atoms with Crippen molar-refractivity contribution in [2.75, 3.05) is 0 Å². The van der Waals surface area contributed by atoms with Gasteiger partial charge in [-0.1, -0.05) is 38.5 Å². The Labute approximate surface area is 112 Å². The maximum atomic E-state index is 3.86. The molecule has 0 bridgehead atoms. The van der Waals surface area contributed by atoms with Gasteiger partial charge in [0.25, 0.3) is 0 Å². The molecule has 0 saturated heterocycles. The van der Waals surface area contributed by atoms with Crippen LogP contribution in [0.5, 0.6) is 0 Å². The van der Waals surface area contributed by atoms with Gasteiger partial charge in [-0.05, 0) is 25.7 Å². The van der Waals surface area contributed by atoms with Crippen LogP contribution in [0.25, 0.3) is 0 Å². The van der Waals surface area contributed by atoms with E-state index in [0.717, 1.165) is 12.1 Å². The summed E-state index contributed by atoms with van der Waals surface area (Å²) >= 11 is 0. The third-order valence-electron chi connectivity index (χ3n) is 3.68. The van der Waals surface area contributed by atoms with Crippen LogP contribution in [-0.4, -0.2) is 12.1 Å². The van der Waals surface area contributed by atoms with Gasteiger partial charge in [0.05, 0.1) is 0 Å². The summed E-state index contributed by atoms with van der Waals surface area (Å²) in [5.41, 5.74) is 0. The standard InChI is InChI=1S/C12H23N.Na.H/c1-3-7-11(8-4-1)13-12-9-5-2-6-10-12;;/h11-13H,1-10H2;;/q;+1;-1. The summed E-state index contributed by atoms with van der Waals surface area (Å²) in [7, 11) is 0. The number of rotatable bonds is 2. The molecule has 0 amide bonds. The van der Waals surface area contributed by atoms with E-state index in [9.17, 15) is 0 Å². The minimum Gasteiger partial charge on any atom is -1.00 e. The summed E-state index contributed by atoms with van der Waals surface area (Å²) in [6, 6.07) is 1.74. The van der Waals surface area contributed by atoms with Crippen molar-refractivity contribution in [3.8, 4) is 0 Å². The zero-order chi connectivity index (χ0) is 8.93. The summed E-state index contributed by atoms with van der Waals surface area (Å²) < 4.78 is 0. The van der Waals surface area contributed by atoms with Crippen LogP contribution >= 0.6 is 0 Å². The Morgan fingerprint density at radius 3 is 1.36 bits per heavy atom. The van der Waals surface area contributed by atoms with E-state index < -0.39 is 0 Å². The Hall–Kier alpha value is 0.960. The molecule has 0 aromatic carbocycles. The van der Waals surface area contributed by atoms with Crippen molar-refractivity contribution in [1.29, 1.82) is 0 Å². The summed E-state index contributed by atoms with van der Waals surface area (Å²) in [6.07, 6.45) is 14.6. The third-order valence-corrected chi connectivity index (χ3v) is 3.68. The van der Waals surface area contributed by atoms with Gasteiger partial charge in [0.15, 0.2) is 0 Å². The van der Waals surface area contributed by atoms with Crippen LogP contribution in [0.1, 0.15) is 65.6 Å². The molecular weight excluding hydrogens is 181 g/mol. The molecule has 2 heteroatoms. The van der Waals surface area contributed by atoms with Crippen molar-refractivity contribution in [2.24, 2.45) is 0 Å². The Morgan fingerprint density at radius 1 is 0.643 bits per heavy atom. The molecule has 0 radical (unpaired) electrons. The molecule has 0 aromatic heterocycles. The number of hydrogen-bond donors (Lipinski definition) is 1. The first-order valence-electron chi connectivity index (χ1n) is 6.21. The Kier molecular flexibility index (Phi) is 6.76. The predicted molar refractivity (Wildman–Crippen MR) is 58.0 cm³/mol. The average Bonchev–Trinajstić information content (AvgIpc) is 2.21. The Bertz CT molecular complexity index is 127. The monoisotopic (exact) mass is 205 g/mol. The largest absolute Gasteiger partial charge is 1.00 e. The fraction of sp³-hybridized carbons (Fsp3) is 1.00. The minimum absolute atomic E-state index is 0. The van der Waals surface area contributed by atoms with E-state index in [1.54, 1.807) is 0 Å². The molecule has 0 atom stereocenters. The molecule has 0 heterocycles. The molecule has 2 rings (SSSR count). The first-order valence-corrected chi connectivity index (χ1v) is 6.21. The van der Waals surface area contributed by atoms with Gasteiger partial charge in [0.1, 0.15) is 0 Å². The van der Waals surface area contributed by atoms with Crippen LogP contribution in [0, 0.1) is 0 Å². The van der Waals surface area contributed by atoms with Crippen molar-refractivity contribution < 1.29 is 31.0 Å².